The molecule has 6 heteroatoms. The third-order valence-electron chi connectivity index (χ3n) is 4.72. The predicted octanol–water partition coefficient (Wildman–Crippen LogP) is 3.10. The molecule has 0 aliphatic carbocycles. The highest BCUT2D eigenvalue weighted by Gasteiger charge is 2.39. The third-order valence-corrected chi connectivity index (χ3v) is 4.72. The molecule has 146 valence electrons. The van der Waals surface area contributed by atoms with Crippen LogP contribution < -0.4 is 11.1 Å². The van der Waals surface area contributed by atoms with E-state index in [9.17, 15) is 9.59 Å². The van der Waals surface area contributed by atoms with E-state index in [2.05, 4.69) is 5.32 Å². The number of ether oxygens (including phenoxy) is 2. The normalized spacial score (nSPS) is 16.8. The van der Waals surface area contributed by atoms with Crippen molar-refractivity contribution in [2.24, 2.45) is 5.73 Å². The summed E-state index contributed by atoms with van der Waals surface area (Å²) in [6.07, 6.45) is 0. The molecular weight excluding hydrogens is 356 g/mol. The lowest BCUT2D eigenvalue weighted by Gasteiger charge is -2.30. The Balaban J connectivity index is 2.28. The van der Waals surface area contributed by atoms with E-state index in [1.165, 1.54) is 0 Å². The Kier molecular flexibility index (Phi) is 5.68. The summed E-state index contributed by atoms with van der Waals surface area (Å²) in [5.74, 6) is -1.55. The molecule has 0 amide bonds. The molecule has 2 aromatic rings. The van der Waals surface area contributed by atoms with Gasteiger partial charge in [-0.1, -0.05) is 42.5 Å². The van der Waals surface area contributed by atoms with E-state index in [0.717, 1.165) is 16.3 Å². The number of dihydropyridines is 1. The molecule has 0 saturated heterocycles. The second-order valence-electron chi connectivity index (χ2n) is 6.43. The molecule has 2 aromatic carbocycles. The fourth-order valence-corrected chi connectivity index (χ4v) is 3.58. The standard InChI is InChI=1S/C22H24N2O4/c1-4-27-21(25)17-13(3)24-20(23)19(22(26)28-5-2)18(17)16-12-8-10-14-9-6-7-11-15(14)16/h6-12,18,24H,4-5,23H2,1-3H3. The fraction of sp³-hybridized carbons (Fsp3) is 0.273. The van der Waals surface area contributed by atoms with Crippen LogP contribution in [0.5, 0.6) is 0 Å². The lowest BCUT2D eigenvalue weighted by molar-refractivity contribution is -0.139. The van der Waals surface area contributed by atoms with Gasteiger partial charge < -0.3 is 20.5 Å². The third kappa shape index (κ3) is 3.45. The number of benzene rings is 2. The number of nitrogens with two attached hydrogens (primary N) is 1. The molecule has 0 radical (unpaired) electrons. The molecule has 28 heavy (non-hydrogen) atoms. The largest absolute Gasteiger partial charge is 0.463 e. The van der Waals surface area contributed by atoms with Crippen LogP contribution in [0.15, 0.2) is 65.1 Å². The zero-order valence-electron chi connectivity index (χ0n) is 16.2. The van der Waals surface area contributed by atoms with E-state index in [1.54, 1.807) is 20.8 Å². The summed E-state index contributed by atoms with van der Waals surface area (Å²) in [6, 6.07) is 13.6. The highest BCUT2D eigenvalue weighted by atomic mass is 16.5. The Morgan fingerprint density at radius 1 is 0.964 bits per heavy atom. The van der Waals surface area contributed by atoms with Crippen LogP contribution in [0.4, 0.5) is 0 Å². The molecule has 1 heterocycles. The summed E-state index contributed by atoms with van der Waals surface area (Å²) in [7, 11) is 0. The van der Waals surface area contributed by atoms with Crippen LogP contribution in [-0.2, 0) is 19.1 Å². The smallest absolute Gasteiger partial charge is 0.338 e. The van der Waals surface area contributed by atoms with Gasteiger partial charge in [-0.15, -0.1) is 0 Å². The van der Waals surface area contributed by atoms with Crippen LogP contribution >= 0.6 is 0 Å². The van der Waals surface area contributed by atoms with Gasteiger partial charge >= 0.3 is 11.9 Å². The number of carbonyl (C=O) groups excluding carboxylic acids is 2. The van der Waals surface area contributed by atoms with Gasteiger partial charge in [0.05, 0.1) is 30.3 Å². The Hall–Kier alpha value is -3.28. The summed E-state index contributed by atoms with van der Waals surface area (Å²) in [6.45, 7) is 5.65. The molecule has 1 unspecified atom stereocenters. The van der Waals surface area contributed by atoms with Gasteiger partial charge in [0.1, 0.15) is 5.82 Å². The number of rotatable bonds is 5. The molecule has 0 saturated carbocycles. The van der Waals surface area contributed by atoms with Crippen molar-refractivity contribution in [1.82, 2.24) is 5.32 Å². The van der Waals surface area contributed by atoms with E-state index in [1.807, 2.05) is 42.5 Å². The Morgan fingerprint density at radius 3 is 2.25 bits per heavy atom. The number of nitrogens with one attached hydrogen (secondary N) is 1. The molecule has 1 aliphatic heterocycles. The van der Waals surface area contributed by atoms with Crippen molar-refractivity contribution >= 4 is 22.7 Å². The molecule has 0 spiro atoms. The average Bonchev–Trinajstić information content (AvgIpc) is 2.67. The maximum Gasteiger partial charge on any atom is 0.338 e. The second kappa shape index (κ2) is 8.17. The van der Waals surface area contributed by atoms with E-state index >= 15 is 0 Å². The van der Waals surface area contributed by atoms with Crippen LogP contribution in [0, 0.1) is 0 Å². The summed E-state index contributed by atoms with van der Waals surface area (Å²) in [5.41, 5.74) is 8.12. The van der Waals surface area contributed by atoms with Crippen molar-refractivity contribution in [2.45, 2.75) is 26.7 Å². The van der Waals surface area contributed by atoms with Crippen LogP contribution in [0.3, 0.4) is 0 Å². The van der Waals surface area contributed by atoms with Crippen LogP contribution in [-0.4, -0.2) is 25.2 Å². The Bertz CT molecular complexity index is 946. The van der Waals surface area contributed by atoms with E-state index in [4.69, 9.17) is 15.2 Å². The molecule has 0 bridgehead atoms. The monoisotopic (exact) mass is 380 g/mol. The van der Waals surface area contributed by atoms with Crippen molar-refractivity contribution in [2.75, 3.05) is 13.2 Å². The van der Waals surface area contributed by atoms with Crippen molar-refractivity contribution in [1.29, 1.82) is 0 Å². The van der Waals surface area contributed by atoms with Gasteiger partial charge in [0.2, 0.25) is 0 Å². The summed E-state index contributed by atoms with van der Waals surface area (Å²) >= 11 is 0. The SMILES string of the molecule is CCOC(=O)C1=C(C)NC(N)=C(C(=O)OCC)C1c1cccc2ccccc12. The lowest BCUT2D eigenvalue weighted by atomic mass is 9.79. The van der Waals surface area contributed by atoms with Gasteiger partial charge in [-0.25, -0.2) is 9.59 Å². The van der Waals surface area contributed by atoms with E-state index in [-0.39, 0.29) is 24.6 Å². The molecule has 1 aliphatic rings. The maximum atomic E-state index is 12.8. The van der Waals surface area contributed by atoms with Crippen molar-refractivity contribution in [3.8, 4) is 0 Å². The number of hydrogen-bond acceptors (Lipinski definition) is 6. The highest BCUT2D eigenvalue weighted by Crippen LogP contribution is 2.41. The second-order valence-corrected chi connectivity index (χ2v) is 6.43. The predicted molar refractivity (Wildman–Crippen MR) is 107 cm³/mol. The quantitative estimate of drug-likeness (QED) is 0.775. The Morgan fingerprint density at radius 2 is 1.57 bits per heavy atom. The van der Waals surface area contributed by atoms with E-state index in [0.29, 0.717) is 11.3 Å². The minimum absolute atomic E-state index is 0.182. The van der Waals surface area contributed by atoms with Crippen molar-refractivity contribution in [3.63, 3.8) is 0 Å². The average molecular weight is 380 g/mol. The first-order valence-electron chi connectivity index (χ1n) is 9.28. The zero-order chi connectivity index (χ0) is 20.3. The van der Waals surface area contributed by atoms with Gasteiger partial charge in [-0.05, 0) is 37.1 Å². The van der Waals surface area contributed by atoms with Crippen LogP contribution in [0.25, 0.3) is 10.8 Å². The van der Waals surface area contributed by atoms with Crippen molar-refractivity contribution in [3.05, 3.63) is 70.7 Å². The fourth-order valence-electron chi connectivity index (χ4n) is 3.58. The molecule has 0 aromatic heterocycles. The number of fused-ring (bicyclic) bond motifs is 1. The minimum Gasteiger partial charge on any atom is -0.463 e. The van der Waals surface area contributed by atoms with Gasteiger partial charge in [0.15, 0.2) is 0 Å². The highest BCUT2D eigenvalue weighted by molar-refractivity contribution is 6.02. The first-order valence-corrected chi connectivity index (χ1v) is 9.28. The molecule has 3 N–H and O–H groups in total. The summed E-state index contributed by atoms with van der Waals surface area (Å²) < 4.78 is 10.5. The summed E-state index contributed by atoms with van der Waals surface area (Å²) in [4.78, 5) is 25.6. The van der Waals surface area contributed by atoms with Gasteiger partial charge in [-0.3, -0.25) is 0 Å². The van der Waals surface area contributed by atoms with Crippen molar-refractivity contribution < 1.29 is 19.1 Å². The molecule has 1 atom stereocenters. The van der Waals surface area contributed by atoms with Gasteiger partial charge in [0.25, 0.3) is 0 Å². The lowest BCUT2D eigenvalue weighted by Crippen LogP contribution is -2.36. The summed E-state index contributed by atoms with van der Waals surface area (Å²) in [5, 5.41) is 4.87. The van der Waals surface area contributed by atoms with E-state index < -0.39 is 17.9 Å². The molecule has 0 fully saturated rings. The number of hydrogen-bond donors (Lipinski definition) is 2. The maximum absolute atomic E-state index is 12.8. The van der Waals surface area contributed by atoms with Gasteiger partial charge in [0, 0.05) is 5.70 Å². The zero-order valence-corrected chi connectivity index (χ0v) is 16.2. The first kappa shape index (κ1) is 19.5. The molecule has 6 nitrogen and oxygen atoms in total. The van der Waals surface area contributed by atoms with Gasteiger partial charge in [-0.2, -0.15) is 0 Å². The minimum atomic E-state index is -0.689. The van der Waals surface area contributed by atoms with Crippen LogP contribution in [0.2, 0.25) is 0 Å². The number of allylic oxidation sites excluding steroid dienone is 1. The number of carbonyl (C=O) groups is 2. The Labute approximate surface area is 164 Å². The van der Waals surface area contributed by atoms with Crippen LogP contribution in [0.1, 0.15) is 32.3 Å². The first-order chi connectivity index (χ1) is 13.5. The topological polar surface area (TPSA) is 90.6 Å². The molecule has 3 rings (SSSR count). The number of esters is 2. The molecular formula is C22H24N2O4.